The van der Waals surface area contributed by atoms with Crippen LogP contribution in [0.5, 0.6) is 0 Å². The van der Waals surface area contributed by atoms with Crippen LogP contribution in [0, 0.1) is 12.8 Å². The van der Waals surface area contributed by atoms with Crippen molar-refractivity contribution in [2.24, 2.45) is 18.7 Å². The monoisotopic (exact) mass is 369 g/mol. The number of rotatable bonds is 5. The van der Waals surface area contributed by atoms with Crippen LogP contribution in [0.25, 0.3) is 0 Å². The van der Waals surface area contributed by atoms with Crippen LogP contribution in [0.15, 0.2) is 30.3 Å². The molecule has 2 N–H and O–H groups in total. The fourth-order valence-corrected chi connectivity index (χ4v) is 4.68. The zero-order valence-corrected chi connectivity index (χ0v) is 16.5. The highest BCUT2D eigenvalue weighted by atomic mass is 16.5. The molecule has 27 heavy (non-hydrogen) atoms. The van der Waals surface area contributed by atoms with Gasteiger partial charge in [0.25, 0.3) is 0 Å². The Morgan fingerprint density at radius 1 is 1.15 bits per heavy atom. The molecule has 0 spiro atoms. The highest BCUT2D eigenvalue weighted by Gasteiger charge is 2.34. The number of nitrogens with zero attached hydrogens (tertiary/aromatic N) is 4. The van der Waals surface area contributed by atoms with Gasteiger partial charge in [-0.1, -0.05) is 30.3 Å². The van der Waals surface area contributed by atoms with E-state index in [2.05, 4.69) is 54.1 Å². The number of ether oxygens (including phenoxy) is 1. The molecule has 6 nitrogen and oxygen atoms in total. The predicted molar refractivity (Wildman–Crippen MR) is 108 cm³/mol. The van der Waals surface area contributed by atoms with Crippen molar-refractivity contribution in [3.63, 3.8) is 0 Å². The molecule has 1 aromatic carbocycles. The summed E-state index contributed by atoms with van der Waals surface area (Å²) >= 11 is 0. The summed E-state index contributed by atoms with van der Waals surface area (Å²) in [6, 6.07) is 10.8. The molecule has 2 saturated heterocycles. The first-order valence-electron chi connectivity index (χ1n) is 10.00. The minimum absolute atomic E-state index is 0.510. The second-order valence-electron chi connectivity index (χ2n) is 7.82. The Labute approximate surface area is 161 Å². The van der Waals surface area contributed by atoms with E-state index in [-0.39, 0.29) is 0 Å². The Hall–Kier alpha value is -1.89. The highest BCUT2D eigenvalue weighted by molar-refractivity contribution is 5.50. The SMILES string of the molecule is Cc1nn(C)c(N2CCOCC2)c1CN1C[C@@H](CN)[C@H](c2ccccc2)C1. The summed E-state index contributed by atoms with van der Waals surface area (Å²) in [6.07, 6.45) is 0. The molecule has 2 aliphatic heterocycles. The normalized spacial score (nSPS) is 23.9. The van der Waals surface area contributed by atoms with Crippen LogP contribution in [0.2, 0.25) is 0 Å². The van der Waals surface area contributed by atoms with E-state index in [0.29, 0.717) is 11.8 Å². The number of likely N-dealkylation sites (tertiary alicyclic amines) is 1. The van der Waals surface area contributed by atoms with Gasteiger partial charge in [-0.3, -0.25) is 9.58 Å². The van der Waals surface area contributed by atoms with Gasteiger partial charge >= 0.3 is 0 Å². The lowest BCUT2D eigenvalue weighted by atomic mass is 9.89. The molecule has 2 aliphatic rings. The average molecular weight is 370 g/mol. The van der Waals surface area contributed by atoms with E-state index in [1.54, 1.807) is 0 Å². The standard InChI is InChI=1S/C21H31N5O/c1-16-19(21(24(2)23-16)26-8-10-27-11-9-26)14-25-13-18(12-22)20(15-25)17-6-4-3-5-7-17/h3-7,18,20H,8-15,22H2,1-2H3/t18-,20+/m1/s1. The number of nitrogens with two attached hydrogens (primary N) is 1. The van der Waals surface area contributed by atoms with Crippen molar-refractivity contribution in [1.82, 2.24) is 14.7 Å². The Morgan fingerprint density at radius 3 is 2.59 bits per heavy atom. The van der Waals surface area contributed by atoms with E-state index in [1.165, 1.54) is 16.9 Å². The summed E-state index contributed by atoms with van der Waals surface area (Å²) < 4.78 is 7.58. The van der Waals surface area contributed by atoms with Gasteiger partial charge in [0, 0.05) is 51.3 Å². The minimum Gasteiger partial charge on any atom is -0.378 e. The van der Waals surface area contributed by atoms with Crippen LogP contribution in [0.3, 0.4) is 0 Å². The Morgan fingerprint density at radius 2 is 1.89 bits per heavy atom. The lowest BCUT2D eigenvalue weighted by molar-refractivity contribution is 0.122. The van der Waals surface area contributed by atoms with Crippen molar-refractivity contribution in [1.29, 1.82) is 0 Å². The van der Waals surface area contributed by atoms with Gasteiger partial charge in [0.05, 0.1) is 18.9 Å². The molecule has 0 unspecified atom stereocenters. The van der Waals surface area contributed by atoms with Crippen LogP contribution in [0.4, 0.5) is 5.82 Å². The molecule has 2 aromatic rings. The van der Waals surface area contributed by atoms with E-state index in [4.69, 9.17) is 15.6 Å². The van der Waals surface area contributed by atoms with Crippen molar-refractivity contribution < 1.29 is 4.74 Å². The summed E-state index contributed by atoms with van der Waals surface area (Å²) in [5, 5.41) is 4.73. The summed E-state index contributed by atoms with van der Waals surface area (Å²) in [6.45, 7) is 9.36. The van der Waals surface area contributed by atoms with Gasteiger partial charge in [-0.25, -0.2) is 0 Å². The van der Waals surface area contributed by atoms with Gasteiger partial charge in [0.2, 0.25) is 0 Å². The van der Waals surface area contributed by atoms with Crippen LogP contribution in [0.1, 0.15) is 22.7 Å². The smallest absolute Gasteiger partial charge is 0.131 e. The average Bonchev–Trinajstić information content (AvgIpc) is 3.23. The first kappa shape index (κ1) is 18.5. The molecule has 0 saturated carbocycles. The maximum atomic E-state index is 6.13. The van der Waals surface area contributed by atoms with Crippen LogP contribution >= 0.6 is 0 Å². The molecule has 0 bridgehead atoms. The third kappa shape index (κ3) is 3.74. The second-order valence-corrected chi connectivity index (χ2v) is 7.82. The van der Waals surface area contributed by atoms with Crippen LogP contribution in [-0.2, 0) is 18.3 Å². The van der Waals surface area contributed by atoms with Crippen molar-refractivity contribution >= 4 is 5.82 Å². The third-order valence-electron chi connectivity index (χ3n) is 6.05. The Bertz CT molecular complexity index is 753. The van der Waals surface area contributed by atoms with Gasteiger partial charge in [-0.15, -0.1) is 0 Å². The van der Waals surface area contributed by atoms with E-state index >= 15 is 0 Å². The van der Waals surface area contributed by atoms with E-state index in [1.807, 2.05) is 4.68 Å². The highest BCUT2D eigenvalue weighted by Crippen LogP contribution is 2.34. The largest absolute Gasteiger partial charge is 0.378 e. The molecule has 1 aromatic heterocycles. The number of benzene rings is 1. The molecular weight excluding hydrogens is 338 g/mol. The molecular formula is C21H31N5O. The van der Waals surface area contributed by atoms with Gasteiger partial charge in [-0.05, 0) is 24.9 Å². The molecule has 6 heteroatoms. The molecule has 2 fully saturated rings. The van der Waals surface area contributed by atoms with Gasteiger partial charge in [0.1, 0.15) is 5.82 Å². The molecule has 4 rings (SSSR count). The summed E-state index contributed by atoms with van der Waals surface area (Å²) in [4.78, 5) is 4.98. The predicted octanol–water partition coefficient (Wildman–Crippen LogP) is 1.74. The van der Waals surface area contributed by atoms with Crippen molar-refractivity contribution in [2.75, 3.05) is 50.8 Å². The van der Waals surface area contributed by atoms with Gasteiger partial charge < -0.3 is 15.4 Å². The first-order chi connectivity index (χ1) is 13.2. The maximum Gasteiger partial charge on any atom is 0.131 e. The van der Waals surface area contributed by atoms with Crippen LogP contribution in [-0.4, -0.2) is 60.6 Å². The molecule has 3 heterocycles. The summed E-state index contributed by atoms with van der Waals surface area (Å²) in [7, 11) is 2.06. The lowest BCUT2D eigenvalue weighted by Gasteiger charge is -2.30. The zero-order chi connectivity index (χ0) is 18.8. The zero-order valence-electron chi connectivity index (χ0n) is 16.5. The third-order valence-corrected chi connectivity index (χ3v) is 6.05. The topological polar surface area (TPSA) is 59.5 Å². The number of aryl methyl sites for hydroxylation is 2. The number of morpholine rings is 1. The van der Waals surface area contributed by atoms with E-state index < -0.39 is 0 Å². The first-order valence-corrected chi connectivity index (χ1v) is 10.00. The molecule has 2 atom stereocenters. The number of aromatic nitrogens is 2. The maximum absolute atomic E-state index is 6.13. The molecule has 0 amide bonds. The minimum atomic E-state index is 0.510. The number of hydrogen-bond donors (Lipinski definition) is 1. The number of anilines is 1. The Kier molecular flexibility index (Phi) is 5.48. The lowest BCUT2D eigenvalue weighted by Crippen LogP contribution is -2.38. The Balaban J connectivity index is 1.54. The van der Waals surface area contributed by atoms with Crippen LogP contribution < -0.4 is 10.6 Å². The van der Waals surface area contributed by atoms with Gasteiger partial charge in [0.15, 0.2) is 0 Å². The van der Waals surface area contributed by atoms with Crippen molar-refractivity contribution in [3.05, 3.63) is 47.2 Å². The quantitative estimate of drug-likeness (QED) is 0.870. The fraction of sp³-hybridized carbons (Fsp3) is 0.571. The van der Waals surface area contributed by atoms with E-state index in [9.17, 15) is 0 Å². The summed E-state index contributed by atoms with van der Waals surface area (Å²) in [5.74, 6) is 2.28. The number of hydrogen-bond acceptors (Lipinski definition) is 5. The van der Waals surface area contributed by atoms with Gasteiger partial charge in [-0.2, -0.15) is 5.10 Å². The molecule has 0 aliphatic carbocycles. The molecule has 146 valence electrons. The second kappa shape index (κ2) is 8.00. The van der Waals surface area contributed by atoms with E-state index in [0.717, 1.165) is 58.2 Å². The molecule has 0 radical (unpaired) electrons. The summed E-state index contributed by atoms with van der Waals surface area (Å²) in [5.41, 5.74) is 10.0. The fourth-order valence-electron chi connectivity index (χ4n) is 4.68. The van der Waals surface area contributed by atoms with Crippen molar-refractivity contribution in [2.45, 2.75) is 19.4 Å². The van der Waals surface area contributed by atoms with Crippen molar-refractivity contribution in [3.8, 4) is 0 Å².